The summed E-state index contributed by atoms with van der Waals surface area (Å²) >= 11 is 0. The first-order valence-electron chi connectivity index (χ1n) is 6.73. The quantitative estimate of drug-likeness (QED) is 0.565. The summed E-state index contributed by atoms with van der Waals surface area (Å²) in [5.74, 6) is 0.900. The van der Waals surface area contributed by atoms with Crippen molar-refractivity contribution in [2.75, 3.05) is 6.61 Å². The van der Waals surface area contributed by atoms with Gasteiger partial charge in [0.15, 0.2) is 6.10 Å². The van der Waals surface area contributed by atoms with Gasteiger partial charge in [-0.2, -0.15) is 0 Å². The average molecular weight is 248 g/mol. The normalized spacial score (nSPS) is 36.0. The van der Waals surface area contributed by atoms with Gasteiger partial charge in [0.2, 0.25) is 0 Å². The molecular formula is C14H16O4. The summed E-state index contributed by atoms with van der Waals surface area (Å²) in [7, 11) is 0. The summed E-state index contributed by atoms with van der Waals surface area (Å²) in [6.07, 6.45) is 7.80. The first-order valence-corrected chi connectivity index (χ1v) is 6.73. The van der Waals surface area contributed by atoms with Crippen LogP contribution >= 0.6 is 0 Å². The molecule has 2 heterocycles. The molecule has 0 aromatic carbocycles. The van der Waals surface area contributed by atoms with Crippen LogP contribution in [-0.4, -0.2) is 30.9 Å². The highest BCUT2D eigenvalue weighted by Gasteiger charge is 2.41. The number of carbonyl (C=O) groups excluding carboxylic acids is 1. The second kappa shape index (κ2) is 3.85. The fourth-order valence-corrected chi connectivity index (χ4v) is 2.92. The van der Waals surface area contributed by atoms with E-state index in [1.54, 1.807) is 0 Å². The highest BCUT2D eigenvalue weighted by Crippen LogP contribution is 2.40. The molecule has 0 radical (unpaired) electrons. The summed E-state index contributed by atoms with van der Waals surface area (Å²) < 4.78 is 16.2. The molecule has 3 atom stereocenters. The summed E-state index contributed by atoms with van der Waals surface area (Å²) in [6.45, 7) is 0.400. The number of esters is 1. The molecule has 4 rings (SSSR count). The summed E-state index contributed by atoms with van der Waals surface area (Å²) in [4.78, 5) is 11.9. The molecule has 2 saturated heterocycles. The Hall–Kier alpha value is -1.29. The van der Waals surface area contributed by atoms with Crippen molar-refractivity contribution in [2.45, 2.75) is 50.4 Å². The largest absolute Gasteiger partial charge is 0.483 e. The van der Waals surface area contributed by atoms with Crippen LogP contribution in [0.25, 0.3) is 0 Å². The van der Waals surface area contributed by atoms with Gasteiger partial charge in [-0.25, -0.2) is 4.79 Å². The molecule has 0 bridgehead atoms. The van der Waals surface area contributed by atoms with Gasteiger partial charge in [-0.3, -0.25) is 0 Å². The second-order valence-corrected chi connectivity index (χ2v) is 5.41. The maximum absolute atomic E-state index is 11.9. The van der Waals surface area contributed by atoms with Crippen molar-refractivity contribution in [1.82, 2.24) is 0 Å². The zero-order chi connectivity index (χ0) is 12.1. The Labute approximate surface area is 106 Å². The monoisotopic (exact) mass is 248 g/mol. The zero-order valence-corrected chi connectivity index (χ0v) is 10.2. The zero-order valence-electron chi connectivity index (χ0n) is 10.2. The van der Waals surface area contributed by atoms with E-state index in [0.717, 1.165) is 43.4 Å². The predicted molar refractivity (Wildman–Crippen MR) is 62.7 cm³/mol. The molecule has 96 valence electrons. The van der Waals surface area contributed by atoms with Gasteiger partial charge in [0, 0.05) is 11.1 Å². The van der Waals surface area contributed by atoms with E-state index in [-0.39, 0.29) is 12.1 Å². The van der Waals surface area contributed by atoms with Crippen molar-refractivity contribution in [2.24, 2.45) is 0 Å². The van der Waals surface area contributed by atoms with Crippen molar-refractivity contribution >= 4 is 5.97 Å². The molecule has 2 aliphatic carbocycles. The lowest BCUT2D eigenvalue weighted by Crippen LogP contribution is -2.15. The average Bonchev–Trinajstić information content (AvgIpc) is 3.26. The molecule has 2 fully saturated rings. The Kier molecular flexibility index (Phi) is 2.27. The maximum Gasteiger partial charge on any atom is 0.334 e. The van der Waals surface area contributed by atoms with E-state index in [9.17, 15) is 4.79 Å². The third-order valence-electron chi connectivity index (χ3n) is 4.12. The Bertz CT molecular complexity index is 462. The minimum absolute atomic E-state index is 0.175. The lowest BCUT2D eigenvalue weighted by molar-refractivity contribution is -0.138. The first kappa shape index (κ1) is 10.6. The minimum atomic E-state index is -0.181. The van der Waals surface area contributed by atoms with Crippen molar-refractivity contribution in [3.05, 3.63) is 23.0 Å². The highest BCUT2D eigenvalue weighted by molar-refractivity contribution is 5.89. The van der Waals surface area contributed by atoms with Gasteiger partial charge < -0.3 is 14.2 Å². The van der Waals surface area contributed by atoms with Crippen LogP contribution < -0.4 is 0 Å². The number of epoxide rings is 2. The predicted octanol–water partition coefficient (Wildman–Crippen LogP) is 1.85. The van der Waals surface area contributed by atoms with E-state index in [1.807, 2.05) is 6.08 Å². The molecule has 0 spiro atoms. The minimum Gasteiger partial charge on any atom is -0.483 e. The molecule has 0 aromatic rings. The SMILES string of the molecule is O=C(OCC1=C2OC2CCC1)C1=CC2OC2CC1. The van der Waals surface area contributed by atoms with Gasteiger partial charge in [-0.1, -0.05) is 0 Å². The molecule has 2 aliphatic heterocycles. The fraction of sp³-hybridized carbons (Fsp3) is 0.643. The molecule has 4 aliphatic rings. The van der Waals surface area contributed by atoms with Crippen molar-refractivity contribution < 1.29 is 19.0 Å². The fourth-order valence-electron chi connectivity index (χ4n) is 2.92. The van der Waals surface area contributed by atoms with E-state index >= 15 is 0 Å². The highest BCUT2D eigenvalue weighted by atomic mass is 16.6. The molecular weight excluding hydrogens is 232 g/mol. The van der Waals surface area contributed by atoms with E-state index in [4.69, 9.17) is 14.2 Å². The topological polar surface area (TPSA) is 51.4 Å². The van der Waals surface area contributed by atoms with Gasteiger partial charge >= 0.3 is 5.97 Å². The van der Waals surface area contributed by atoms with Gasteiger partial charge in [0.05, 0.1) is 6.10 Å². The van der Waals surface area contributed by atoms with Crippen LogP contribution in [0, 0.1) is 0 Å². The third-order valence-corrected chi connectivity index (χ3v) is 4.12. The van der Waals surface area contributed by atoms with Crippen LogP contribution in [0.1, 0.15) is 32.1 Å². The number of ether oxygens (including phenoxy) is 3. The molecule has 4 heteroatoms. The molecule has 0 N–H and O–H groups in total. The van der Waals surface area contributed by atoms with Gasteiger partial charge in [0.1, 0.15) is 18.5 Å². The van der Waals surface area contributed by atoms with Gasteiger partial charge in [-0.05, 0) is 38.2 Å². The van der Waals surface area contributed by atoms with Gasteiger partial charge in [0.25, 0.3) is 0 Å². The van der Waals surface area contributed by atoms with E-state index < -0.39 is 0 Å². The summed E-state index contributed by atoms with van der Waals surface area (Å²) in [5, 5.41) is 0. The van der Waals surface area contributed by atoms with Crippen molar-refractivity contribution in [3.63, 3.8) is 0 Å². The lowest BCUT2D eigenvalue weighted by atomic mass is 9.99. The number of fused-ring (bicyclic) bond motifs is 2. The Balaban J connectivity index is 1.36. The Morgan fingerprint density at radius 3 is 3.22 bits per heavy atom. The number of carbonyl (C=O) groups is 1. The molecule has 0 aromatic heterocycles. The Morgan fingerprint density at radius 1 is 1.39 bits per heavy atom. The van der Waals surface area contributed by atoms with Crippen LogP contribution in [0.3, 0.4) is 0 Å². The van der Waals surface area contributed by atoms with Crippen LogP contribution in [-0.2, 0) is 19.0 Å². The van der Waals surface area contributed by atoms with Gasteiger partial charge in [-0.15, -0.1) is 0 Å². The number of rotatable bonds is 3. The van der Waals surface area contributed by atoms with Crippen LogP contribution in [0.2, 0.25) is 0 Å². The second-order valence-electron chi connectivity index (χ2n) is 5.41. The summed E-state index contributed by atoms with van der Waals surface area (Å²) in [6, 6.07) is 0. The molecule has 0 amide bonds. The lowest BCUT2D eigenvalue weighted by Gasteiger charge is -2.12. The molecule has 18 heavy (non-hydrogen) atoms. The molecule has 3 unspecified atom stereocenters. The standard InChI is InChI=1S/C14H16O4/c15-14(8-4-5-10-12(6-8)17-10)16-7-9-2-1-3-11-13(9)18-11/h6,10-12H,1-5,7H2. The smallest absolute Gasteiger partial charge is 0.334 e. The van der Waals surface area contributed by atoms with E-state index in [0.29, 0.717) is 18.8 Å². The van der Waals surface area contributed by atoms with E-state index in [1.165, 1.54) is 5.57 Å². The van der Waals surface area contributed by atoms with Crippen LogP contribution in [0.5, 0.6) is 0 Å². The third kappa shape index (κ3) is 1.85. The number of hydrogen-bond donors (Lipinski definition) is 0. The van der Waals surface area contributed by atoms with Crippen molar-refractivity contribution in [3.8, 4) is 0 Å². The Morgan fingerprint density at radius 2 is 2.33 bits per heavy atom. The molecule has 4 nitrogen and oxygen atoms in total. The van der Waals surface area contributed by atoms with Crippen LogP contribution in [0.15, 0.2) is 23.0 Å². The summed E-state index contributed by atoms with van der Waals surface area (Å²) in [5.41, 5.74) is 1.96. The van der Waals surface area contributed by atoms with Crippen molar-refractivity contribution in [1.29, 1.82) is 0 Å². The first-order chi connectivity index (χ1) is 8.81. The van der Waals surface area contributed by atoms with Crippen LogP contribution in [0.4, 0.5) is 0 Å². The van der Waals surface area contributed by atoms with E-state index in [2.05, 4.69) is 0 Å². The molecule has 0 saturated carbocycles. The maximum atomic E-state index is 11.9. The number of hydrogen-bond acceptors (Lipinski definition) is 4.